The first-order chi connectivity index (χ1) is 8.04. The highest BCUT2D eigenvalue weighted by atomic mass is 35.5. The SMILES string of the molecule is O=c1cc(OC(F)(F)F)c(C(F)(F)F)c(CCl)[nH]1. The molecule has 0 aromatic carbocycles. The van der Waals surface area contributed by atoms with Crippen molar-refractivity contribution in [1.82, 2.24) is 4.98 Å². The third kappa shape index (κ3) is 3.56. The standard InChI is InChI=1S/C8H4ClF6NO2/c9-2-3-6(7(10,11)12)4(1-5(17)16-3)18-8(13,14)15/h1H,2H2,(H,16,17). The number of pyridine rings is 1. The summed E-state index contributed by atoms with van der Waals surface area (Å²) in [6.45, 7) is 0. The van der Waals surface area contributed by atoms with Crippen LogP contribution in [0.25, 0.3) is 0 Å². The Morgan fingerprint density at radius 3 is 2.17 bits per heavy atom. The van der Waals surface area contributed by atoms with Crippen LogP contribution >= 0.6 is 11.6 Å². The number of hydrogen-bond acceptors (Lipinski definition) is 2. The fraction of sp³-hybridized carbons (Fsp3) is 0.375. The molecule has 10 heteroatoms. The average Bonchev–Trinajstić information content (AvgIpc) is 2.11. The maximum atomic E-state index is 12.6. The second-order valence-electron chi connectivity index (χ2n) is 3.03. The van der Waals surface area contributed by atoms with Gasteiger partial charge in [-0.2, -0.15) is 13.2 Å². The van der Waals surface area contributed by atoms with Gasteiger partial charge in [0.05, 0.1) is 5.88 Å². The average molecular weight is 296 g/mol. The van der Waals surface area contributed by atoms with Crippen LogP contribution in [-0.2, 0) is 12.1 Å². The highest BCUT2D eigenvalue weighted by Crippen LogP contribution is 2.39. The van der Waals surface area contributed by atoms with Gasteiger partial charge in [-0.05, 0) is 0 Å². The zero-order chi connectivity index (χ0) is 14.1. The molecule has 1 aromatic rings. The summed E-state index contributed by atoms with van der Waals surface area (Å²) in [4.78, 5) is 12.6. The molecule has 0 aliphatic carbocycles. The lowest BCUT2D eigenvalue weighted by Crippen LogP contribution is -2.24. The number of nitrogens with one attached hydrogen (secondary N) is 1. The van der Waals surface area contributed by atoms with Crippen molar-refractivity contribution in [3.05, 3.63) is 27.7 Å². The molecule has 18 heavy (non-hydrogen) atoms. The van der Waals surface area contributed by atoms with Crippen LogP contribution in [0.15, 0.2) is 10.9 Å². The number of aromatic amines is 1. The molecular formula is C8H4ClF6NO2. The van der Waals surface area contributed by atoms with Crippen molar-refractivity contribution in [3.63, 3.8) is 0 Å². The van der Waals surface area contributed by atoms with Gasteiger partial charge in [0.1, 0.15) is 11.3 Å². The molecule has 3 nitrogen and oxygen atoms in total. The lowest BCUT2D eigenvalue weighted by Gasteiger charge is -2.17. The van der Waals surface area contributed by atoms with Gasteiger partial charge in [-0.15, -0.1) is 24.8 Å². The number of aromatic nitrogens is 1. The third-order valence-electron chi connectivity index (χ3n) is 1.73. The molecule has 0 aliphatic heterocycles. The summed E-state index contributed by atoms with van der Waals surface area (Å²) in [7, 11) is 0. The molecule has 0 saturated carbocycles. The zero-order valence-electron chi connectivity index (χ0n) is 8.25. The normalized spacial score (nSPS) is 12.6. The van der Waals surface area contributed by atoms with E-state index in [-0.39, 0.29) is 6.07 Å². The van der Waals surface area contributed by atoms with E-state index in [4.69, 9.17) is 11.6 Å². The molecule has 0 aliphatic rings. The third-order valence-corrected chi connectivity index (χ3v) is 1.99. The van der Waals surface area contributed by atoms with Gasteiger partial charge in [0, 0.05) is 11.8 Å². The van der Waals surface area contributed by atoms with Crippen molar-refractivity contribution in [2.24, 2.45) is 0 Å². The van der Waals surface area contributed by atoms with E-state index in [9.17, 15) is 31.1 Å². The lowest BCUT2D eigenvalue weighted by molar-refractivity contribution is -0.276. The molecule has 0 bridgehead atoms. The maximum Gasteiger partial charge on any atom is 0.573 e. The van der Waals surface area contributed by atoms with Gasteiger partial charge in [0.25, 0.3) is 5.56 Å². The van der Waals surface area contributed by atoms with Crippen molar-refractivity contribution < 1.29 is 31.1 Å². The summed E-state index contributed by atoms with van der Waals surface area (Å²) in [5.74, 6) is -2.45. The first-order valence-electron chi connectivity index (χ1n) is 4.19. The molecule has 0 amide bonds. The molecule has 0 saturated heterocycles. The Labute approximate surface area is 100 Å². The molecule has 1 N–H and O–H groups in total. The van der Waals surface area contributed by atoms with E-state index in [0.29, 0.717) is 0 Å². The number of halogens is 7. The van der Waals surface area contributed by atoms with Gasteiger partial charge in [0.15, 0.2) is 0 Å². The van der Waals surface area contributed by atoms with E-state index in [1.165, 1.54) is 0 Å². The van der Waals surface area contributed by atoms with Crippen LogP contribution in [0.2, 0.25) is 0 Å². The molecule has 1 rings (SSSR count). The van der Waals surface area contributed by atoms with E-state index < -0.39 is 41.0 Å². The minimum atomic E-state index is -5.35. The van der Waals surface area contributed by atoms with Crippen molar-refractivity contribution in [1.29, 1.82) is 0 Å². The fourth-order valence-electron chi connectivity index (χ4n) is 1.20. The van der Waals surface area contributed by atoms with E-state index in [0.717, 1.165) is 0 Å². The first kappa shape index (κ1) is 14.7. The lowest BCUT2D eigenvalue weighted by atomic mass is 10.2. The predicted molar refractivity (Wildman–Crippen MR) is 48.3 cm³/mol. The van der Waals surface area contributed by atoms with Crippen LogP contribution in [-0.4, -0.2) is 11.3 Å². The molecular weight excluding hydrogens is 292 g/mol. The van der Waals surface area contributed by atoms with E-state index in [1.54, 1.807) is 4.98 Å². The molecule has 0 radical (unpaired) electrons. The molecule has 1 heterocycles. The molecule has 0 spiro atoms. The second kappa shape index (κ2) is 4.71. The fourth-order valence-corrected chi connectivity index (χ4v) is 1.40. The minimum Gasteiger partial charge on any atom is -0.405 e. The molecule has 0 fully saturated rings. The molecule has 0 unspecified atom stereocenters. The van der Waals surface area contributed by atoms with Crippen LogP contribution in [0.5, 0.6) is 5.75 Å². The Bertz CT molecular complexity index is 492. The number of hydrogen-bond donors (Lipinski definition) is 1. The summed E-state index contributed by atoms with van der Waals surface area (Å²) in [5, 5.41) is 0. The van der Waals surface area contributed by atoms with Gasteiger partial charge >= 0.3 is 12.5 Å². The van der Waals surface area contributed by atoms with Crippen LogP contribution in [0, 0.1) is 0 Å². The molecule has 0 atom stereocenters. The molecule has 102 valence electrons. The quantitative estimate of drug-likeness (QED) is 0.673. The summed E-state index contributed by atoms with van der Waals surface area (Å²) >= 11 is 5.15. The van der Waals surface area contributed by atoms with Gasteiger partial charge in [-0.25, -0.2) is 0 Å². The molecule has 1 aromatic heterocycles. The number of rotatable bonds is 2. The Balaban J connectivity index is 3.48. The Kier molecular flexibility index (Phi) is 3.84. The number of ether oxygens (including phenoxy) is 1. The van der Waals surface area contributed by atoms with Crippen molar-refractivity contribution in [2.45, 2.75) is 18.4 Å². The largest absolute Gasteiger partial charge is 0.573 e. The Morgan fingerprint density at radius 1 is 1.22 bits per heavy atom. The van der Waals surface area contributed by atoms with Gasteiger partial charge in [0.2, 0.25) is 0 Å². The van der Waals surface area contributed by atoms with E-state index in [1.807, 2.05) is 0 Å². The number of H-pyrrole nitrogens is 1. The Morgan fingerprint density at radius 2 is 1.78 bits per heavy atom. The van der Waals surface area contributed by atoms with Gasteiger partial charge in [-0.3, -0.25) is 4.79 Å². The highest BCUT2D eigenvalue weighted by molar-refractivity contribution is 6.17. The predicted octanol–water partition coefficient (Wildman–Crippen LogP) is 3.03. The van der Waals surface area contributed by atoms with Crippen LogP contribution < -0.4 is 10.3 Å². The van der Waals surface area contributed by atoms with E-state index >= 15 is 0 Å². The van der Waals surface area contributed by atoms with Crippen LogP contribution in [0.4, 0.5) is 26.3 Å². The van der Waals surface area contributed by atoms with Crippen molar-refractivity contribution >= 4 is 11.6 Å². The highest BCUT2D eigenvalue weighted by Gasteiger charge is 2.41. The van der Waals surface area contributed by atoms with Crippen LogP contribution in [0.1, 0.15) is 11.3 Å². The smallest absolute Gasteiger partial charge is 0.405 e. The van der Waals surface area contributed by atoms with Crippen molar-refractivity contribution in [2.75, 3.05) is 0 Å². The summed E-state index contributed by atoms with van der Waals surface area (Å²) in [6.07, 6.45) is -10.5. The topological polar surface area (TPSA) is 42.1 Å². The Hall–Kier alpha value is -1.38. The monoisotopic (exact) mass is 295 g/mol. The minimum absolute atomic E-state index is 0.0619. The summed E-state index contributed by atoms with van der Waals surface area (Å²) < 4.78 is 76.7. The van der Waals surface area contributed by atoms with Crippen molar-refractivity contribution in [3.8, 4) is 5.75 Å². The first-order valence-corrected chi connectivity index (χ1v) is 4.73. The second-order valence-corrected chi connectivity index (χ2v) is 3.30. The van der Waals surface area contributed by atoms with E-state index in [2.05, 4.69) is 4.74 Å². The summed E-state index contributed by atoms with van der Waals surface area (Å²) in [6, 6.07) is 0.0619. The zero-order valence-corrected chi connectivity index (χ0v) is 9.00. The maximum absolute atomic E-state index is 12.6. The number of alkyl halides is 7. The summed E-state index contributed by atoms with van der Waals surface area (Å²) in [5.41, 5.74) is -3.83. The van der Waals surface area contributed by atoms with Gasteiger partial charge in [-0.1, -0.05) is 0 Å². The van der Waals surface area contributed by atoms with Crippen LogP contribution in [0.3, 0.4) is 0 Å². The van der Waals surface area contributed by atoms with Gasteiger partial charge < -0.3 is 9.72 Å².